The maximum atomic E-state index is 13.0. The van der Waals surface area contributed by atoms with Crippen molar-refractivity contribution in [3.05, 3.63) is 131 Å². The summed E-state index contributed by atoms with van der Waals surface area (Å²) < 4.78 is 27.5. The highest BCUT2D eigenvalue weighted by molar-refractivity contribution is 7.90. The number of sulfonamides is 1. The number of hydrogen-bond donors (Lipinski definition) is 4. The lowest BCUT2D eigenvalue weighted by Crippen LogP contribution is -2.46. The van der Waals surface area contributed by atoms with Crippen LogP contribution in [0.1, 0.15) is 23.2 Å². The van der Waals surface area contributed by atoms with Gasteiger partial charge in [0.05, 0.1) is 17.0 Å². The molecule has 0 radical (unpaired) electrons. The fourth-order valence-corrected chi connectivity index (χ4v) is 4.89. The molecule has 10 heteroatoms. The molecule has 0 saturated carbocycles. The molecule has 2 atom stereocenters. The average molecular weight is 549 g/mol. The molecule has 0 aliphatic rings. The fourth-order valence-electron chi connectivity index (χ4n) is 3.83. The van der Waals surface area contributed by atoms with Gasteiger partial charge in [0, 0.05) is 10.7 Å². The second-order valence-electron chi connectivity index (χ2n) is 8.27. The molecule has 4 aromatic rings. The van der Waals surface area contributed by atoms with Gasteiger partial charge in [-0.3, -0.25) is 0 Å². The molecule has 4 rings (SSSR count). The van der Waals surface area contributed by atoms with Gasteiger partial charge in [-0.1, -0.05) is 90.5 Å². The molecule has 0 aliphatic heterocycles. The van der Waals surface area contributed by atoms with Crippen LogP contribution < -0.4 is 20.7 Å². The second-order valence-corrected chi connectivity index (χ2v) is 10.4. The van der Waals surface area contributed by atoms with Crippen LogP contribution in [0.2, 0.25) is 5.02 Å². The molecule has 0 aliphatic carbocycles. The normalized spacial score (nSPS) is 12.6. The van der Waals surface area contributed by atoms with Gasteiger partial charge in [0.1, 0.15) is 0 Å². The van der Waals surface area contributed by atoms with Gasteiger partial charge in [-0.15, -0.1) is 0 Å². The Hall–Kier alpha value is -4.34. The van der Waals surface area contributed by atoms with E-state index < -0.39 is 34.2 Å². The summed E-state index contributed by atoms with van der Waals surface area (Å²) in [4.78, 5) is 26.0. The Labute approximate surface area is 226 Å². The molecule has 0 aromatic heterocycles. The van der Waals surface area contributed by atoms with Gasteiger partial charge in [-0.05, 0) is 47.5 Å². The summed E-state index contributed by atoms with van der Waals surface area (Å²) in [5, 5.41) is 8.95. The van der Waals surface area contributed by atoms with Crippen molar-refractivity contribution in [2.45, 2.75) is 17.0 Å². The van der Waals surface area contributed by atoms with Crippen molar-refractivity contribution in [1.29, 1.82) is 0 Å². The van der Waals surface area contributed by atoms with Gasteiger partial charge >= 0.3 is 12.1 Å². The minimum atomic E-state index is -4.12. The maximum Gasteiger partial charge on any atom is 0.329 e. The first-order chi connectivity index (χ1) is 18.3. The molecule has 0 fully saturated rings. The highest BCUT2D eigenvalue weighted by Gasteiger charge is 2.29. The van der Waals surface area contributed by atoms with Gasteiger partial charge in [0.25, 0.3) is 10.0 Å². The summed E-state index contributed by atoms with van der Waals surface area (Å²) in [5.41, 5.74) is 1.87. The van der Waals surface area contributed by atoms with Crippen molar-refractivity contribution < 1.29 is 18.0 Å². The van der Waals surface area contributed by atoms with Crippen LogP contribution in [0.5, 0.6) is 0 Å². The van der Waals surface area contributed by atoms with Crippen molar-refractivity contribution in [3.8, 4) is 0 Å². The lowest BCUT2D eigenvalue weighted by Gasteiger charge is -2.30. The third-order valence-corrected chi connectivity index (χ3v) is 7.21. The maximum absolute atomic E-state index is 13.0. The molecular formula is C28H25ClN4O4S. The molecule has 0 bridgehead atoms. The number of carbonyl (C=O) groups is 2. The number of nitrogens with one attached hydrogen (secondary N) is 4. The highest BCUT2D eigenvalue weighted by Crippen LogP contribution is 2.29. The zero-order chi connectivity index (χ0) is 27.0. The topological polar surface area (TPSA) is 116 Å². The minimum Gasteiger partial charge on any atom is -0.329 e. The zero-order valence-electron chi connectivity index (χ0n) is 20.0. The van der Waals surface area contributed by atoms with Crippen LogP contribution in [0.25, 0.3) is 0 Å². The highest BCUT2D eigenvalue weighted by atomic mass is 35.5. The Morgan fingerprint density at radius 3 is 1.55 bits per heavy atom. The largest absolute Gasteiger partial charge is 0.329 e. The molecule has 4 amide bonds. The van der Waals surface area contributed by atoms with Crippen LogP contribution in [-0.2, 0) is 10.0 Å². The number of anilines is 1. The predicted octanol–water partition coefficient (Wildman–Crippen LogP) is 5.63. The Morgan fingerprint density at radius 2 is 1.05 bits per heavy atom. The van der Waals surface area contributed by atoms with E-state index in [4.69, 9.17) is 11.6 Å². The zero-order valence-corrected chi connectivity index (χ0v) is 21.6. The van der Waals surface area contributed by atoms with E-state index in [-0.39, 0.29) is 4.90 Å². The van der Waals surface area contributed by atoms with E-state index >= 15 is 0 Å². The fraction of sp³-hybridized carbons (Fsp3) is 0.0714. The smallest absolute Gasteiger partial charge is 0.329 e. The third-order valence-electron chi connectivity index (χ3n) is 5.61. The van der Waals surface area contributed by atoms with Gasteiger partial charge in [-0.2, -0.15) is 0 Å². The average Bonchev–Trinajstić information content (AvgIpc) is 2.93. The van der Waals surface area contributed by atoms with Crippen LogP contribution in [-0.4, -0.2) is 20.5 Å². The van der Waals surface area contributed by atoms with Crippen LogP contribution in [0.3, 0.4) is 0 Å². The summed E-state index contributed by atoms with van der Waals surface area (Å²) in [7, 11) is -4.12. The number of halogens is 1. The molecule has 0 spiro atoms. The number of urea groups is 2. The van der Waals surface area contributed by atoms with Gasteiger partial charge in [-0.25, -0.2) is 22.7 Å². The first-order valence-electron chi connectivity index (χ1n) is 11.6. The summed E-state index contributed by atoms with van der Waals surface area (Å²) in [6.07, 6.45) is 0. The number of carbonyl (C=O) groups excluding carboxylic acids is 2. The lowest BCUT2D eigenvalue weighted by molar-refractivity contribution is 0.232. The second kappa shape index (κ2) is 12.3. The standard InChI is InChI=1S/C28H25ClN4O4S/c29-22-16-18-23(19-17-22)30-27(34)31-25(20-10-4-1-5-11-20)26(21-12-6-2-7-13-21)32-28(35)33-38(36,37)24-14-8-3-9-15-24/h1-19,25-26H,(H2,30,31,34)(H2,32,33,35). The molecular weight excluding hydrogens is 524 g/mol. The van der Waals surface area contributed by atoms with E-state index in [9.17, 15) is 18.0 Å². The first kappa shape index (κ1) is 26.7. The number of hydrogen-bond acceptors (Lipinski definition) is 4. The Balaban J connectivity index is 1.62. The van der Waals surface area contributed by atoms with E-state index in [1.165, 1.54) is 12.1 Å². The molecule has 4 aromatic carbocycles. The van der Waals surface area contributed by atoms with Gasteiger partial charge in [0.2, 0.25) is 0 Å². The summed E-state index contributed by atoms with van der Waals surface area (Å²) in [6.45, 7) is 0. The van der Waals surface area contributed by atoms with Crippen LogP contribution in [0.15, 0.2) is 120 Å². The van der Waals surface area contributed by atoms with Crippen molar-refractivity contribution in [3.63, 3.8) is 0 Å². The Bertz CT molecular complexity index is 1470. The molecule has 2 unspecified atom stereocenters. The van der Waals surface area contributed by atoms with E-state index in [0.29, 0.717) is 21.8 Å². The van der Waals surface area contributed by atoms with Gasteiger partial charge in [0.15, 0.2) is 0 Å². The summed E-state index contributed by atoms with van der Waals surface area (Å²) >= 11 is 5.94. The van der Waals surface area contributed by atoms with E-state index in [1.807, 2.05) is 36.4 Å². The molecule has 0 heterocycles. The van der Waals surface area contributed by atoms with Crippen molar-refractivity contribution in [2.24, 2.45) is 0 Å². The molecule has 194 valence electrons. The van der Waals surface area contributed by atoms with Crippen LogP contribution in [0.4, 0.5) is 15.3 Å². The number of rotatable bonds is 8. The summed E-state index contributed by atoms with van der Waals surface area (Å²) in [6, 6.07) is 29.2. The Kier molecular flexibility index (Phi) is 8.62. The van der Waals surface area contributed by atoms with Crippen molar-refractivity contribution in [2.75, 3.05) is 5.32 Å². The molecule has 4 N–H and O–H groups in total. The predicted molar refractivity (Wildman–Crippen MR) is 147 cm³/mol. The first-order valence-corrected chi connectivity index (χ1v) is 13.5. The lowest BCUT2D eigenvalue weighted by atomic mass is 9.93. The van der Waals surface area contributed by atoms with E-state index in [1.54, 1.807) is 66.7 Å². The number of benzene rings is 4. The van der Waals surface area contributed by atoms with Gasteiger partial charge < -0.3 is 16.0 Å². The van der Waals surface area contributed by atoms with Crippen LogP contribution in [0, 0.1) is 0 Å². The monoisotopic (exact) mass is 548 g/mol. The van der Waals surface area contributed by atoms with E-state index in [0.717, 1.165) is 0 Å². The van der Waals surface area contributed by atoms with E-state index in [2.05, 4.69) is 20.7 Å². The SMILES string of the molecule is O=C(Nc1ccc(Cl)cc1)NC(c1ccccc1)C(NC(=O)NS(=O)(=O)c1ccccc1)c1ccccc1. The quantitative estimate of drug-likeness (QED) is 0.228. The van der Waals surface area contributed by atoms with Crippen molar-refractivity contribution in [1.82, 2.24) is 15.4 Å². The molecule has 0 saturated heterocycles. The van der Waals surface area contributed by atoms with Crippen molar-refractivity contribution >= 4 is 39.4 Å². The third kappa shape index (κ3) is 7.12. The number of amides is 4. The summed E-state index contributed by atoms with van der Waals surface area (Å²) in [5.74, 6) is 0. The van der Waals surface area contributed by atoms with Crippen LogP contribution >= 0.6 is 11.6 Å². The molecule has 8 nitrogen and oxygen atoms in total. The Morgan fingerprint density at radius 1 is 0.605 bits per heavy atom. The minimum absolute atomic E-state index is 0.0495. The molecule has 38 heavy (non-hydrogen) atoms.